The van der Waals surface area contributed by atoms with E-state index >= 15 is 0 Å². The molecule has 0 saturated heterocycles. The fourth-order valence-electron chi connectivity index (χ4n) is 1.79. The number of hydrogen-bond acceptors (Lipinski definition) is 2. The molecule has 3 nitrogen and oxygen atoms in total. The Morgan fingerprint density at radius 3 is 2.62 bits per heavy atom. The standard InChI is InChI=1S/C15H12F3NO2/c1-21-8-9-3-2-4-10(7-9)15(20)19-12-6-5-11(16)13(17)14(12)18/h2-7H,8H2,1H3,(H,19,20). The number of halogens is 3. The highest BCUT2D eigenvalue weighted by molar-refractivity contribution is 6.04. The van der Waals surface area contributed by atoms with Gasteiger partial charge in [-0.3, -0.25) is 4.79 Å². The molecule has 0 aromatic heterocycles. The topological polar surface area (TPSA) is 38.3 Å². The Bertz CT molecular complexity index is 674. The molecule has 0 spiro atoms. The van der Waals surface area contributed by atoms with Gasteiger partial charge >= 0.3 is 0 Å². The SMILES string of the molecule is COCc1cccc(C(=O)Nc2ccc(F)c(F)c2F)c1. The molecule has 0 aliphatic heterocycles. The average Bonchev–Trinajstić information content (AvgIpc) is 2.48. The van der Waals surface area contributed by atoms with Crippen molar-refractivity contribution in [3.05, 3.63) is 65.0 Å². The minimum absolute atomic E-state index is 0.258. The molecule has 0 aliphatic rings. The lowest BCUT2D eigenvalue weighted by Gasteiger charge is -2.08. The molecule has 0 fully saturated rings. The van der Waals surface area contributed by atoms with Crippen molar-refractivity contribution in [3.63, 3.8) is 0 Å². The van der Waals surface area contributed by atoms with Crippen molar-refractivity contribution in [2.45, 2.75) is 6.61 Å². The average molecular weight is 295 g/mol. The lowest BCUT2D eigenvalue weighted by Crippen LogP contribution is -2.14. The summed E-state index contributed by atoms with van der Waals surface area (Å²) in [5.74, 6) is -5.00. The quantitative estimate of drug-likeness (QED) is 0.877. The molecular weight excluding hydrogens is 283 g/mol. The Hall–Kier alpha value is -2.34. The van der Waals surface area contributed by atoms with E-state index in [-0.39, 0.29) is 5.56 Å². The third kappa shape index (κ3) is 3.41. The predicted octanol–water partition coefficient (Wildman–Crippen LogP) is 3.50. The lowest BCUT2D eigenvalue weighted by molar-refractivity contribution is 0.102. The smallest absolute Gasteiger partial charge is 0.255 e. The van der Waals surface area contributed by atoms with Gasteiger partial charge in [-0.15, -0.1) is 0 Å². The third-order valence-electron chi connectivity index (χ3n) is 2.78. The van der Waals surface area contributed by atoms with Crippen LogP contribution in [0.3, 0.4) is 0 Å². The van der Waals surface area contributed by atoms with Crippen molar-refractivity contribution in [1.29, 1.82) is 0 Å². The number of methoxy groups -OCH3 is 1. The van der Waals surface area contributed by atoms with Gasteiger partial charge in [0, 0.05) is 12.7 Å². The molecule has 110 valence electrons. The highest BCUT2D eigenvalue weighted by Crippen LogP contribution is 2.20. The summed E-state index contributed by atoms with van der Waals surface area (Å²) in [6.45, 7) is 0.320. The number of carbonyl (C=O) groups is 1. The van der Waals surface area contributed by atoms with Crippen LogP contribution in [0.25, 0.3) is 0 Å². The van der Waals surface area contributed by atoms with Crippen LogP contribution in [0.5, 0.6) is 0 Å². The van der Waals surface area contributed by atoms with Gasteiger partial charge in [-0.25, -0.2) is 13.2 Å². The van der Waals surface area contributed by atoms with Crippen LogP contribution >= 0.6 is 0 Å². The van der Waals surface area contributed by atoms with E-state index < -0.39 is 29.0 Å². The molecule has 1 amide bonds. The van der Waals surface area contributed by atoms with E-state index in [0.717, 1.165) is 17.7 Å². The summed E-state index contributed by atoms with van der Waals surface area (Å²) in [5, 5.41) is 2.20. The largest absolute Gasteiger partial charge is 0.380 e. The van der Waals surface area contributed by atoms with Crippen LogP contribution in [0.1, 0.15) is 15.9 Å². The number of benzene rings is 2. The normalized spacial score (nSPS) is 10.5. The molecule has 0 bridgehead atoms. The number of carbonyl (C=O) groups excluding carboxylic acids is 1. The Morgan fingerprint density at radius 1 is 1.14 bits per heavy atom. The molecule has 2 aromatic rings. The molecule has 0 saturated carbocycles. The maximum atomic E-state index is 13.5. The van der Waals surface area contributed by atoms with Crippen molar-refractivity contribution < 1.29 is 22.7 Å². The first kappa shape index (κ1) is 15.1. The van der Waals surface area contributed by atoms with Gasteiger partial charge < -0.3 is 10.1 Å². The number of nitrogens with one attached hydrogen (secondary N) is 1. The van der Waals surface area contributed by atoms with Crippen LogP contribution < -0.4 is 5.32 Å². The number of anilines is 1. The van der Waals surface area contributed by atoms with Crippen LogP contribution in [0.4, 0.5) is 18.9 Å². The Labute approximate surface area is 119 Å². The molecule has 1 N–H and O–H groups in total. The first-order valence-corrected chi connectivity index (χ1v) is 6.05. The fraction of sp³-hybridized carbons (Fsp3) is 0.133. The molecule has 21 heavy (non-hydrogen) atoms. The van der Waals surface area contributed by atoms with Crippen molar-refractivity contribution in [3.8, 4) is 0 Å². The summed E-state index contributed by atoms with van der Waals surface area (Å²) >= 11 is 0. The van der Waals surface area contributed by atoms with Crippen molar-refractivity contribution in [1.82, 2.24) is 0 Å². The number of rotatable bonds is 4. The van der Waals surface area contributed by atoms with Gasteiger partial charge in [-0.2, -0.15) is 0 Å². The van der Waals surface area contributed by atoms with Crippen molar-refractivity contribution >= 4 is 11.6 Å². The highest BCUT2D eigenvalue weighted by Gasteiger charge is 2.16. The Balaban J connectivity index is 2.22. The zero-order valence-electron chi connectivity index (χ0n) is 11.1. The summed E-state index contributed by atoms with van der Waals surface area (Å²) < 4.78 is 44.3. The van der Waals surface area contributed by atoms with Crippen molar-refractivity contribution in [2.75, 3.05) is 12.4 Å². The maximum Gasteiger partial charge on any atom is 0.255 e. The van der Waals surface area contributed by atoms with E-state index in [0.29, 0.717) is 6.61 Å². The van der Waals surface area contributed by atoms with E-state index in [1.54, 1.807) is 18.2 Å². The second-order valence-corrected chi connectivity index (χ2v) is 4.31. The summed E-state index contributed by atoms with van der Waals surface area (Å²) in [5.41, 5.74) is 0.598. The molecule has 6 heteroatoms. The van der Waals surface area contributed by atoms with Crippen molar-refractivity contribution in [2.24, 2.45) is 0 Å². The predicted molar refractivity (Wildman–Crippen MR) is 71.4 cm³/mol. The van der Waals surface area contributed by atoms with Gasteiger partial charge in [0.1, 0.15) is 0 Å². The molecule has 0 heterocycles. The van der Waals surface area contributed by atoms with E-state index in [1.807, 2.05) is 0 Å². The van der Waals surface area contributed by atoms with Gasteiger partial charge in [0.05, 0.1) is 12.3 Å². The Morgan fingerprint density at radius 2 is 1.90 bits per heavy atom. The van der Waals surface area contributed by atoms with Crippen LogP contribution in [-0.4, -0.2) is 13.0 Å². The van der Waals surface area contributed by atoms with Crippen LogP contribution in [-0.2, 0) is 11.3 Å². The van der Waals surface area contributed by atoms with Gasteiger partial charge in [0.15, 0.2) is 17.5 Å². The molecule has 0 radical (unpaired) electrons. The van der Waals surface area contributed by atoms with Gasteiger partial charge in [0.2, 0.25) is 0 Å². The summed E-state index contributed by atoms with van der Waals surface area (Å²) in [4.78, 5) is 12.0. The van der Waals surface area contributed by atoms with Crippen LogP contribution in [0.15, 0.2) is 36.4 Å². The van der Waals surface area contributed by atoms with Gasteiger partial charge in [-0.05, 0) is 29.8 Å². The summed E-state index contributed by atoms with van der Waals surface area (Å²) in [7, 11) is 1.52. The van der Waals surface area contributed by atoms with Gasteiger partial charge in [-0.1, -0.05) is 12.1 Å². The fourth-order valence-corrected chi connectivity index (χ4v) is 1.79. The highest BCUT2D eigenvalue weighted by atomic mass is 19.2. The van der Waals surface area contributed by atoms with Crippen LogP contribution in [0, 0.1) is 17.5 Å². The lowest BCUT2D eigenvalue weighted by atomic mass is 10.1. The number of hydrogen-bond donors (Lipinski definition) is 1. The van der Waals surface area contributed by atoms with Gasteiger partial charge in [0.25, 0.3) is 5.91 Å². The summed E-state index contributed by atoms with van der Waals surface area (Å²) in [6, 6.07) is 8.20. The second-order valence-electron chi connectivity index (χ2n) is 4.31. The van der Waals surface area contributed by atoms with E-state index in [9.17, 15) is 18.0 Å². The monoisotopic (exact) mass is 295 g/mol. The molecule has 0 unspecified atom stereocenters. The third-order valence-corrected chi connectivity index (χ3v) is 2.78. The molecule has 0 aliphatic carbocycles. The zero-order chi connectivity index (χ0) is 15.4. The van der Waals surface area contributed by atoms with E-state index in [4.69, 9.17) is 4.74 Å². The molecule has 0 atom stereocenters. The first-order chi connectivity index (χ1) is 10.0. The Kier molecular flexibility index (Phi) is 4.59. The minimum Gasteiger partial charge on any atom is -0.380 e. The zero-order valence-corrected chi connectivity index (χ0v) is 11.1. The molecule has 2 aromatic carbocycles. The number of ether oxygens (including phenoxy) is 1. The van der Waals surface area contributed by atoms with Crippen LogP contribution in [0.2, 0.25) is 0 Å². The molecule has 2 rings (SSSR count). The first-order valence-electron chi connectivity index (χ1n) is 6.05. The maximum absolute atomic E-state index is 13.5. The number of amides is 1. The van der Waals surface area contributed by atoms with E-state index in [1.165, 1.54) is 13.2 Å². The molecular formula is C15H12F3NO2. The second kappa shape index (κ2) is 6.41. The van der Waals surface area contributed by atoms with E-state index in [2.05, 4.69) is 5.32 Å². The minimum atomic E-state index is -1.62. The summed E-state index contributed by atoms with van der Waals surface area (Å²) in [6.07, 6.45) is 0.